The summed E-state index contributed by atoms with van der Waals surface area (Å²) in [6.07, 6.45) is 1.39. The van der Waals surface area contributed by atoms with E-state index in [2.05, 4.69) is 20.8 Å². The van der Waals surface area contributed by atoms with Gasteiger partial charge >= 0.3 is 0 Å². The molecule has 1 heterocycles. The fourth-order valence-corrected chi connectivity index (χ4v) is 2.00. The average Bonchev–Trinajstić information content (AvgIpc) is 3.00. The lowest BCUT2D eigenvalue weighted by Crippen LogP contribution is -2.30. The number of amides is 1. The third kappa shape index (κ3) is 3.94. The largest absolute Gasteiger partial charge is 0.493 e. The maximum absolute atomic E-state index is 11.9. The Hall–Kier alpha value is -2.64. The van der Waals surface area contributed by atoms with E-state index in [-0.39, 0.29) is 18.5 Å². The standard InChI is InChI=1S/C14H19N5O3/c1-4-22-12-6-5-11(7-13(12)21-3)10(2)16-14(20)8-19-9-15-17-18-19/h5-7,9-10H,4,8H2,1-3H3,(H,16,20). The molecule has 22 heavy (non-hydrogen) atoms. The summed E-state index contributed by atoms with van der Waals surface area (Å²) in [5.41, 5.74) is 0.922. The number of ether oxygens (including phenoxy) is 2. The summed E-state index contributed by atoms with van der Waals surface area (Å²) in [6.45, 7) is 4.45. The Morgan fingerprint density at radius 2 is 2.23 bits per heavy atom. The van der Waals surface area contributed by atoms with Crippen molar-refractivity contribution in [2.75, 3.05) is 13.7 Å². The minimum atomic E-state index is -0.173. The molecule has 0 aliphatic carbocycles. The predicted molar refractivity (Wildman–Crippen MR) is 78.5 cm³/mol. The highest BCUT2D eigenvalue weighted by Gasteiger charge is 2.13. The number of methoxy groups -OCH3 is 1. The zero-order chi connectivity index (χ0) is 15.9. The molecule has 0 fully saturated rings. The Balaban J connectivity index is 2.02. The summed E-state index contributed by atoms with van der Waals surface area (Å²) in [5, 5.41) is 13.5. The van der Waals surface area contributed by atoms with Gasteiger partial charge in [0.25, 0.3) is 0 Å². The molecule has 1 atom stereocenters. The molecular weight excluding hydrogens is 286 g/mol. The molecule has 8 heteroatoms. The lowest BCUT2D eigenvalue weighted by molar-refractivity contribution is -0.122. The smallest absolute Gasteiger partial charge is 0.242 e. The van der Waals surface area contributed by atoms with Crippen LogP contribution in [0.4, 0.5) is 0 Å². The molecular formula is C14H19N5O3. The summed E-state index contributed by atoms with van der Waals surface area (Å²) >= 11 is 0. The van der Waals surface area contributed by atoms with Gasteiger partial charge in [-0.3, -0.25) is 4.79 Å². The van der Waals surface area contributed by atoms with E-state index in [0.717, 1.165) is 5.56 Å². The van der Waals surface area contributed by atoms with E-state index >= 15 is 0 Å². The number of carbonyl (C=O) groups is 1. The van der Waals surface area contributed by atoms with Crippen LogP contribution in [0.2, 0.25) is 0 Å². The topological polar surface area (TPSA) is 91.2 Å². The Kier molecular flexibility index (Phi) is 5.29. The lowest BCUT2D eigenvalue weighted by Gasteiger charge is -2.17. The molecule has 2 rings (SSSR count). The van der Waals surface area contributed by atoms with Gasteiger partial charge in [-0.2, -0.15) is 0 Å². The van der Waals surface area contributed by atoms with E-state index in [1.54, 1.807) is 7.11 Å². The van der Waals surface area contributed by atoms with E-state index < -0.39 is 0 Å². The summed E-state index contributed by atoms with van der Waals surface area (Å²) in [5.74, 6) is 1.15. The normalized spacial score (nSPS) is 11.8. The van der Waals surface area contributed by atoms with Crippen LogP contribution in [0.5, 0.6) is 11.5 Å². The molecule has 0 saturated carbocycles. The van der Waals surface area contributed by atoms with E-state index in [0.29, 0.717) is 18.1 Å². The van der Waals surface area contributed by atoms with Gasteiger partial charge in [-0.05, 0) is 42.0 Å². The van der Waals surface area contributed by atoms with E-state index in [9.17, 15) is 4.79 Å². The monoisotopic (exact) mass is 305 g/mol. The van der Waals surface area contributed by atoms with Crippen molar-refractivity contribution in [3.63, 3.8) is 0 Å². The summed E-state index contributed by atoms with van der Waals surface area (Å²) in [4.78, 5) is 11.9. The first kappa shape index (κ1) is 15.7. The van der Waals surface area contributed by atoms with Gasteiger partial charge in [0.1, 0.15) is 12.9 Å². The highest BCUT2D eigenvalue weighted by Crippen LogP contribution is 2.30. The molecule has 0 saturated heterocycles. The molecule has 1 N–H and O–H groups in total. The van der Waals surface area contributed by atoms with Crippen molar-refractivity contribution in [1.82, 2.24) is 25.5 Å². The molecule has 1 aromatic carbocycles. The number of carbonyl (C=O) groups excluding carboxylic acids is 1. The molecule has 1 amide bonds. The van der Waals surface area contributed by atoms with Gasteiger partial charge in [-0.1, -0.05) is 6.07 Å². The third-order valence-corrected chi connectivity index (χ3v) is 3.06. The van der Waals surface area contributed by atoms with Gasteiger partial charge < -0.3 is 14.8 Å². The van der Waals surface area contributed by atoms with E-state index in [4.69, 9.17) is 9.47 Å². The first-order valence-corrected chi connectivity index (χ1v) is 6.95. The molecule has 0 aliphatic heterocycles. The fraction of sp³-hybridized carbons (Fsp3) is 0.429. The van der Waals surface area contributed by atoms with E-state index in [1.807, 2.05) is 32.0 Å². The second-order valence-corrected chi connectivity index (χ2v) is 4.64. The minimum Gasteiger partial charge on any atom is -0.493 e. The van der Waals surface area contributed by atoms with E-state index in [1.165, 1.54) is 11.0 Å². The Morgan fingerprint density at radius 1 is 1.41 bits per heavy atom. The Bertz CT molecular complexity index is 615. The second kappa shape index (κ2) is 7.39. The lowest BCUT2D eigenvalue weighted by atomic mass is 10.1. The van der Waals surface area contributed by atoms with Crippen molar-refractivity contribution in [2.45, 2.75) is 26.4 Å². The number of tetrazole rings is 1. The van der Waals surface area contributed by atoms with Crippen LogP contribution < -0.4 is 14.8 Å². The second-order valence-electron chi connectivity index (χ2n) is 4.64. The quantitative estimate of drug-likeness (QED) is 0.819. The van der Waals surface area contributed by atoms with Gasteiger partial charge in [0.15, 0.2) is 11.5 Å². The zero-order valence-electron chi connectivity index (χ0n) is 12.8. The van der Waals surface area contributed by atoms with Gasteiger partial charge in [0.05, 0.1) is 19.8 Å². The highest BCUT2D eigenvalue weighted by molar-refractivity contribution is 5.76. The molecule has 118 valence electrons. The maximum Gasteiger partial charge on any atom is 0.242 e. The van der Waals surface area contributed by atoms with Gasteiger partial charge in [0.2, 0.25) is 5.91 Å². The SMILES string of the molecule is CCOc1ccc(C(C)NC(=O)Cn2cnnn2)cc1OC. The fourth-order valence-electron chi connectivity index (χ4n) is 2.00. The molecule has 2 aromatic rings. The summed E-state index contributed by atoms with van der Waals surface area (Å²) in [7, 11) is 1.59. The molecule has 0 aliphatic rings. The molecule has 1 aromatic heterocycles. The number of nitrogens with one attached hydrogen (secondary N) is 1. The Morgan fingerprint density at radius 3 is 2.86 bits per heavy atom. The number of hydrogen-bond acceptors (Lipinski definition) is 6. The van der Waals surface area contributed by atoms with Crippen molar-refractivity contribution in [2.24, 2.45) is 0 Å². The number of aromatic nitrogens is 4. The van der Waals surface area contributed by atoms with Crippen molar-refractivity contribution < 1.29 is 14.3 Å². The van der Waals surface area contributed by atoms with Gasteiger partial charge in [0, 0.05) is 0 Å². The molecule has 0 bridgehead atoms. The molecule has 8 nitrogen and oxygen atoms in total. The number of hydrogen-bond donors (Lipinski definition) is 1. The highest BCUT2D eigenvalue weighted by atomic mass is 16.5. The minimum absolute atomic E-state index is 0.0749. The third-order valence-electron chi connectivity index (χ3n) is 3.06. The van der Waals surface area contributed by atoms with Gasteiger partial charge in [-0.25, -0.2) is 4.68 Å². The number of rotatable bonds is 7. The van der Waals surface area contributed by atoms with Crippen LogP contribution in [0.1, 0.15) is 25.5 Å². The average molecular weight is 305 g/mol. The van der Waals surface area contributed by atoms with Crippen LogP contribution in [-0.2, 0) is 11.3 Å². The first-order chi connectivity index (χ1) is 10.6. The van der Waals surface area contributed by atoms with Crippen LogP contribution in [0.25, 0.3) is 0 Å². The van der Waals surface area contributed by atoms with Crippen molar-refractivity contribution >= 4 is 5.91 Å². The molecule has 1 unspecified atom stereocenters. The summed E-state index contributed by atoms with van der Waals surface area (Å²) < 4.78 is 12.1. The number of benzene rings is 1. The summed E-state index contributed by atoms with van der Waals surface area (Å²) in [6, 6.07) is 5.41. The predicted octanol–water partition coefficient (Wildman–Crippen LogP) is 0.958. The Labute approximate surface area is 128 Å². The van der Waals surface area contributed by atoms with Crippen molar-refractivity contribution in [3.05, 3.63) is 30.1 Å². The van der Waals surface area contributed by atoms with Crippen LogP contribution in [0, 0.1) is 0 Å². The van der Waals surface area contributed by atoms with Crippen LogP contribution in [-0.4, -0.2) is 39.8 Å². The number of nitrogens with zero attached hydrogens (tertiary/aromatic N) is 4. The maximum atomic E-state index is 11.9. The first-order valence-electron chi connectivity index (χ1n) is 6.95. The van der Waals surface area contributed by atoms with Gasteiger partial charge in [-0.15, -0.1) is 5.10 Å². The van der Waals surface area contributed by atoms with Crippen LogP contribution in [0.15, 0.2) is 24.5 Å². The molecule has 0 radical (unpaired) electrons. The van der Waals surface area contributed by atoms with Crippen molar-refractivity contribution in [3.8, 4) is 11.5 Å². The van der Waals surface area contributed by atoms with Crippen molar-refractivity contribution in [1.29, 1.82) is 0 Å². The molecule has 0 spiro atoms. The van der Waals surface area contributed by atoms with Crippen LogP contribution >= 0.6 is 0 Å². The van der Waals surface area contributed by atoms with Crippen LogP contribution in [0.3, 0.4) is 0 Å². The zero-order valence-corrected chi connectivity index (χ0v) is 12.8.